The molecule has 1 aliphatic rings. The van der Waals surface area contributed by atoms with Crippen LogP contribution in [0, 0.1) is 0 Å². The number of carbonyl (C=O) groups excluding carboxylic acids is 1. The van der Waals surface area contributed by atoms with E-state index >= 15 is 0 Å². The van der Waals surface area contributed by atoms with Gasteiger partial charge in [0.15, 0.2) is 0 Å². The zero-order valence-corrected chi connectivity index (χ0v) is 9.23. The lowest BCUT2D eigenvalue weighted by Crippen LogP contribution is -2.40. The summed E-state index contributed by atoms with van der Waals surface area (Å²) in [5.41, 5.74) is 6.44. The zero-order valence-electron chi connectivity index (χ0n) is 9.23. The number of hydrogen-bond donors (Lipinski definition) is 2. The first-order valence-electron chi connectivity index (χ1n) is 5.72. The van der Waals surface area contributed by atoms with Crippen LogP contribution in [0.1, 0.15) is 36.0 Å². The highest BCUT2D eigenvalue weighted by molar-refractivity contribution is 5.93. The van der Waals surface area contributed by atoms with E-state index in [0.29, 0.717) is 11.6 Å². The number of aromatic nitrogens is 1. The van der Waals surface area contributed by atoms with Crippen molar-refractivity contribution in [3.8, 4) is 0 Å². The van der Waals surface area contributed by atoms with Gasteiger partial charge in [-0.1, -0.05) is 0 Å². The van der Waals surface area contributed by atoms with Gasteiger partial charge in [0.1, 0.15) is 0 Å². The van der Waals surface area contributed by atoms with Gasteiger partial charge in [-0.05, 0) is 37.8 Å². The fourth-order valence-corrected chi connectivity index (χ4v) is 2.03. The van der Waals surface area contributed by atoms with Crippen molar-refractivity contribution in [2.75, 3.05) is 0 Å². The third-order valence-electron chi connectivity index (χ3n) is 3.03. The van der Waals surface area contributed by atoms with Crippen molar-refractivity contribution in [3.05, 3.63) is 30.1 Å². The Balaban J connectivity index is 1.88. The second-order valence-electron chi connectivity index (χ2n) is 4.33. The molecule has 0 unspecified atom stereocenters. The van der Waals surface area contributed by atoms with E-state index in [4.69, 9.17) is 5.73 Å². The minimum Gasteiger partial charge on any atom is -0.349 e. The molecule has 0 atom stereocenters. The number of amides is 1. The van der Waals surface area contributed by atoms with Crippen LogP contribution in [0.2, 0.25) is 0 Å². The predicted octanol–water partition coefficient (Wildman–Crippen LogP) is 1.08. The number of nitrogens with one attached hydrogen (secondary N) is 1. The summed E-state index contributed by atoms with van der Waals surface area (Å²) >= 11 is 0. The van der Waals surface area contributed by atoms with Crippen LogP contribution in [0.4, 0.5) is 0 Å². The number of hydrogen-bond acceptors (Lipinski definition) is 3. The fraction of sp³-hybridized carbons (Fsp3) is 0.500. The van der Waals surface area contributed by atoms with Gasteiger partial charge in [-0.2, -0.15) is 0 Å². The van der Waals surface area contributed by atoms with E-state index in [1.165, 1.54) is 0 Å². The largest absolute Gasteiger partial charge is 0.349 e. The molecular formula is C12H17N3O. The molecule has 0 saturated heterocycles. The van der Waals surface area contributed by atoms with Crippen molar-refractivity contribution in [2.24, 2.45) is 5.73 Å². The van der Waals surface area contributed by atoms with Crippen molar-refractivity contribution in [2.45, 2.75) is 37.8 Å². The molecule has 1 aromatic rings. The lowest BCUT2D eigenvalue weighted by Gasteiger charge is -2.26. The van der Waals surface area contributed by atoms with E-state index < -0.39 is 0 Å². The van der Waals surface area contributed by atoms with Crippen LogP contribution >= 0.6 is 0 Å². The molecule has 0 aromatic carbocycles. The molecule has 2 rings (SSSR count). The summed E-state index contributed by atoms with van der Waals surface area (Å²) in [7, 11) is 0. The Bertz CT molecular complexity index is 345. The molecule has 1 saturated carbocycles. The molecular weight excluding hydrogens is 202 g/mol. The molecule has 0 aliphatic heterocycles. The SMILES string of the molecule is N[C@H]1CC[C@H](NC(=O)c2cccnc2)CC1. The van der Waals surface area contributed by atoms with Crippen molar-refractivity contribution >= 4 is 5.91 Å². The van der Waals surface area contributed by atoms with Crippen LogP contribution in [-0.4, -0.2) is 23.0 Å². The molecule has 0 spiro atoms. The van der Waals surface area contributed by atoms with Gasteiger partial charge in [-0.3, -0.25) is 9.78 Å². The van der Waals surface area contributed by atoms with Gasteiger partial charge in [0.05, 0.1) is 5.56 Å². The number of rotatable bonds is 2. The van der Waals surface area contributed by atoms with Gasteiger partial charge in [0.25, 0.3) is 5.91 Å². The normalized spacial score (nSPS) is 25.1. The quantitative estimate of drug-likeness (QED) is 0.782. The molecule has 1 aliphatic carbocycles. The first-order valence-corrected chi connectivity index (χ1v) is 5.72. The predicted molar refractivity (Wildman–Crippen MR) is 61.9 cm³/mol. The smallest absolute Gasteiger partial charge is 0.253 e. The van der Waals surface area contributed by atoms with Crippen molar-refractivity contribution in [3.63, 3.8) is 0 Å². The first-order chi connectivity index (χ1) is 7.75. The Morgan fingerprint density at radius 2 is 2.12 bits per heavy atom. The van der Waals surface area contributed by atoms with Crippen LogP contribution in [0.5, 0.6) is 0 Å². The van der Waals surface area contributed by atoms with Crippen molar-refractivity contribution in [1.82, 2.24) is 10.3 Å². The summed E-state index contributed by atoms with van der Waals surface area (Å²) in [6.45, 7) is 0. The maximum Gasteiger partial charge on any atom is 0.253 e. The fourth-order valence-electron chi connectivity index (χ4n) is 2.03. The molecule has 1 amide bonds. The van der Waals surface area contributed by atoms with E-state index in [0.717, 1.165) is 25.7 Å². The first kappa shape index (κ1) is 11.1. The summed E-state index contributed by atoms with van der Waals surface area (Å²) in [5, 5.41) is 3.02. The minimum absolute atomic E-state index is 0.0337. The summed E-state index contributed by atoms with van der Waals surface area (Å²) in [6, 6.07) is 4.13. The topological polar surface area (TPSA) is 68.0 Å². The Hall–Kier alpha value is -1.42. The average molecular weight is 219 g/mol. The summed E-state index contributed by atoms with van der Waals surface area (Å²) in [4.78, 5) is 15.7. The summed E-state index contributed by atoms with van der Waals surface area (Å²) in [6.07, 6.45) is 7.20. The van der Waals surface area contributed by atoms with Gasteiger partial charge in [0.2, 0.25) is 0 Å². The van der Waals surface area contributed by atoms with Gasteiger partial charge in [-0.15, -0.1) is 0 Å². The Kier molecular flexibility index (Phi) is 3.51. The molecule has 0 radical (unpaired) electrons. The molecule has 4 nitrogen and oxygen atoms in total. The standard InChI is InChI=1S/C12H17N3O/c13-10-3-5-11(6-4-10)15-12(16)9-2-1-7-14-8-9/h1-2,7-8,10-11H,3-6,13H2,(H,15,16)/t10-,11-. The minimum atomic E-state index is -0.0337. The second kappa shape index (κ2) is 5.07. The second-order valence-corrected chi connectivity index (χ2v) is 4.33. The maximum atomic E-state index is 11.8. The van der Waals surface area contributed by atoms with Gasteiger partial charge in [0, 0.05) is 24.5 Å². The molecule has 0 bridgehead atoms. The lowest BCUT2D eigenvalue weighted by atomic mass is 9.92. The monoisotopic (exact) mass is 219 g/mol. The molecule has 1 fully saturated rings. The molecule has 1 heterocycles. The molecule has 16 heavy (non-hydrogen) atoms. The lowest BCUT2D eigenvalue weighted by molar-refractivity contribution is 0.0925. The van der Waals surface area contributed by atoms with Crippen LogP contribution in [0.3, 0.4) is 0 Å². The molecule has 3 N–H and O–H groups in total. The highest BCUT2D eigenvalue weighted by atomic mass is 16.1. The molecule has 4 heteroatoms. The van der Waals surface area contributed by atoms with Crippen LogP contribution in [0.15, 0.2) is 24.5 Å². The number of nitrogens with two attached hydrogens (primary N) is 1. The van der Waals surface area contributed by atoms with Gasteiger partial charge < -0.3 is 11.1 Å². The summed E-state index contributed by atoms with van der Waals surface area (Å²) in [5.74, 6) is -0.0337. The Morgan fingerprint density at radius 3 is 2.75 bits per heavy atom. The van der Waals surface area contributed by atoms with Crippen molar-refractivity contribution < 1.29 is 4.79 Å². The van der Waals surface area contributed by atoms with E-state index in [9.17, 15) is 4.79 Å². The average Bonchev–Trinajstić information content (AvgIpc) is 2.33. The van der Waals surface area contributed by atoms with E-state index in [1.807, 2.05) is 0 Å². The van der Waals surface area contributed by atoms with E-state index in [1.54, 1.807) is 24.5 Å². The van der Waals surface area contributed by atoms with Crippen LogP contribution in [-0.2, 0) is 0 Å². The molecule has 86 valence electrons. The maximum absolute atomic E-state index is 11.8. The molecule has 1 aromatic heterocycles. The zero-order chi connectivity index (χ0) is 11.4. The Morgan fingerprint density at radius 1 is 1.38 bits per heavy atom. The third-order valence-corrected chi connectivity index (χ3v) is 3.03. The van der Waals surface area contributed by atoms with Crippen LogP contribution in [0.25, 0.3) is 0 Å². The number of nitrogens with zero attached hydrogens (tertiary/aromatic N) is 1. The van der Waals surface area contributed by atoms with E-state index in [-0.39, 0.29) is 11.9 Å². The highest BCUT2D eigenvalue weighted by Gasteiger charge is 2.20. The van der Waals surface area contributed by atoms with E-state index in [2.05, 4.69) is 10.3 Å². The summed E-state index contributed by atoms with van der Waals surface area (Å²) < 4.78 is 0. The van der Waals surface area contributed by atoms with Crippen LogP contribution < -0.4 is 11.1 Å². The Labute approximate surface area is 95.3 Å². The van der Waals surface area contributed by atoms with Gasteiger partial charge >= 0.3 is 0 Å². The van der Waals surface area contributed by atoms with Gasteiger partial charge in [-0.25, -0.2) is 0 Å². The third kappa shape index (κ3) is 2.79. The highest BCUT2D eigenvalue weighted by Crippen LogP contribution is 2.17. The van der Waals surface area contributed by atoms with Crippen molar-refractivity contribution in [1.29, 1.82) is 0 Å². The number of carbonyl (C=O) groups is 1. The number of pyridine rings is 1.